The number of pyridine rings is 1. The second kappa shape index (κ2) is 5.61. The zero-order chi connectivity index (χ0) is 13.1. The van der Waals surface area contributed by atoms with Crippen molar-refractivity contribution in [2.75, 3.05) is 5.32 Å². The Bertz CT molecular complexity index is 607. The molecule has 0 atom stereocenters. The molecule has 1 aromatic carbocycles. The van der Waals surface area contributed by atoms with Crippen LogP contribution in [0.25, 0.3) is 0 Å². The van der Waals surface area contributed by atoms with Crippen molar-refractivity contribution < 1.29 is 4.92 Å². The van der Waals surface area contributed by atoms with Gasteiger partial charge in [-0.1, -0.05) is 6.07 Å². The Morgan fingerprint density at radius 2 is 2.17 bits per heavy atom. The number of nitrogens with zero attached hydrogens (tertiary/aromatic N) is 2. The molecular formula is C11H7BrIN3O2. The second-order valence-electron chi connectivity index (χ2n) is 3.41. The summed E-state index contributed by atoms with van der Waals surface area (Å²) in [6, 6.07) is 8.94. The van der Waals surface area contributed by atoms with Gasteiger partial charge in [0.1, 0.15) is 0 Å². The Morgan fingerprint density at radius 3 is 2.83 bits per heavy atom. The Balaban J connectivity index is 2.37. The number of aromatic nitrogens is 1. The molecule has 2 aromatic rings. The van der Waals surface area contributed by atoms with Crippen LogP contribution >= 0.6 is 38.5 Å². The number of nitro groups is 1. The molecule has 1 heterocycles. The maximum Gasteiger partial charge on any atom is 0.312 e. The highest BCUT2D eigenvalue weighted by molar-refractivity contribution is 14.1. The summed E-state index contributed by atoms with van der Waals surface area (Å²) >= 11 is 5.34. The van der Waals surface area contributed by atoms with Crippen molar-refractivity contribution in [1.82, 2.24) is 4.98 Å². The number of nitrogens with one attached hydrogen (secondary N) is 1. The van der Waals surface area contributed by atoms with Crippen LogP contribution in [0.5, 0.6) is 0 Å². The maximum absolute atomic E-state index is 10.9. The SMILES string of the molecule is O=[N+]([O-])c1cc(Br)cnc1Nc1cccc(I)c1. The number of hydrogen-bond donors (Lipinski definition) is 1. The van der Waals surface area contributed by atoms with Gasteiger partial charge >= 0.3 is 5.69 Å². The fourth-order valence-electron chi connectivity index (χ4n) is 1.37. The van der Waals surface area contributed by atoms with E-state index in [1.54, 1.807) is 0 Å². The van der Waals surface area contributed by atoms with E-state index >= 15 is 0 Å². The first kappa shape index (κ1) is 13.2. The summed E-state index contributed by atoms with van der Waals surface area (Å²) in [5.74, 6) is 0.227. The molecule has 0 unspecified atom stereocenters. The predicted molar refractivity (Wildman–Crippen MR) is 81.0 cm³/mol. The lowest BCUT2D eigenvalue weighted by Crippen LogP contribution is -1.99. The molecular weight excluding hydrogens is 413 g/mol. The lowest BCUT2D eigenvalue weighted by atomic mass is 10.3. The summed E-state index contributed by atoms with van der Waals surface area (Å²) in [4.78, 5) is 14.5. The molecule has 1 N–H and O–H groups in total. The molecule has 7 heteroatoms. The molecule has 2 rings (SSSR count). The van der Waals surface area contributed by atoms with Crippen LogP contribution in [0.1, 0.15) is 0 Å². The quantitative estimate of drug-likeness (QED) is 0.462. The van der Waals surface area contributed by atoms with Gasteiger partial charge in [-0.15, -0.1) is 0 Å². The van der Waals surface area contributed by atoms with Crippen molar-refractivity contribution in [2.45, 2.75) is 0 Å². The summed E-state index contributed by atoms with van der Waals surface area (Å²) in [5.41, 5.74) is 0.697. The number of benzene rings is 1. The van der Waals surface area contributed by atoms with E-state index in [0.717, 1.165) is 9.26 Å². The van der Waals surface area contributed by atoms with Crippen molar-refractivity contribution >= 4 is 55.7 Å². The van der Waals surface area contributed by atoms with Gasteiger partial charge in [-0.3, -0.25) is 10.1 Å². The highest BCUT2D eigenvalue weighted by Gasteiger charge is 2.15. The summed E-state index contributed by atoms with van der Waals surface area (Å²) in [7, 11) is 0. The van der Waals surface area contributed by atoms with Crippen molar-refractivity contribution in [3.05, 3.63) is 54.7 Å². The van der Waals surface area contributed by atoms with E-state index in [9.17, 15) is 10.1 Å². The van der Waals surface area contributed by atoms with Gasteiger partial charge in [-0.05, 0) is 56.7 Å². The summed E-state index contributed by atoms with van der Waals surface area (Å²) < 4.78 is 1.61. The van der Waals surface area contributed by atoms with Gasteiger partial charge in [0.05, 0.1) is 4.92 Å². The molecule has 0 fully saturated rings. The van der Waals surface area contributed by atoms with Crippen LogP contribution < -0.4 is 5.32 Å². The smallest absolute Gasteiger partial charge is 0.312 e. The highest BCUT2D eigenvalue weighted by atomic mass is 127. The second-order valence-corrected chi connectivity index (χ2v) is 5.58. The Labute approximate surface area is 125 Å². The number of anilines is 2. The van der Waals surface area contributed by atoms with Crippen molar-refractivity contribution in [3.63, 3.8) is 0 Å². The van der Waals surface area contributed by atoms with E-state index in [4.69, 9.17) is 0 Å². The molecule has 1 aromatic heterocycles. The van der Waals surface area contributed by atoms with Crippen LogP contribution in [0.4, 0.5) is 17.2 Å². The molecule has 0 saturated heterocycles. The van der Waals surface area contributed by atoms with Gasteiger partial charge in [0.25, 0.3) is 0 Å². The molecule has 0 saturated carbocycles. The number of hydrogen-bond acceptors (Lipinski definition) is 4. The third-order valence-electron chi connectivity index (χ3n) is 2.12. The average molecular weight is 420 g/mol. The average Bonchev–Trinajstić information content (AvgIpc) is 2.31. The van der Waals surface area contributed by atoms with Crippen LogP contribution in [-0.2, 0) is 0 Å². The topological polar surface area (TPSA) is 68.1 Å². The fourth-order valence-corrected chi connectivity index (χ4v) is 2.23. The fraction of sp³-hybridized carbons (Fsp3) is 0. The number of rotatable bonds is 3. The summed E-state index contributed by atoms with van der Waals surface area (Å²) in [5, 5.41) is 13.9. The highest BCUT2D eigenvalue weighted by Crippen LogP contribution is 2.28. The zero-order valence-corrected chi connectivity index (χ0v) is 12.7. The van der Waals surface area contributed by atoms with E-state index in [2.05, 4.69) is 48.8 Å². The van der Waals surface area contributed by atoms with E-state index in [0.29, 0.717) is 4.47 Å². The molecule has 0 bridgehead atoms. The van der Waals surface area contributed by atoms with E-state index in [-0.39, 0.29) is 11.5 Å². The Hall–Kier alpha value is -1.22. The van der Waals surface area contributed by atoms with Crippen molar-refractivity contribution in [2.24, 2.45) is 0 Å². The van der Waals surface area contributed by atoms with Crippen molar-refractivity contribution in [3.8, 4) is 0 Å². The minimum atomic E-state index is -0.464. The van der Waals surface area contributed by atoms with Gasteiger partial charge in [0, 0.05) is 26.0 Å². The van der Waals surface area contributed by atoms with Crippen LogP contribution in [0.2, 0.25) is 0 Å². The van der Waals surface area contributed by atoms with Crippen LogP contribution in [0.15, 0.2) is 41.0 Å². The first-order valence-corrected chi connectivity index (χ1v) is 6.76. The van der Waals surface area contributed by atoms with Gasteiger partial charge in [0.15, 0.2) is 0 Å². The first-order chi connectivity index (χ1) is 8.56. The molecule has 0 amide bonds. The molecule has 0 radical (unpaired) electrons. The molecule has 0 aliphatic carbocycles. The summed E-state index contributed by atoms with van der Waals surface area (Å²) in [6.07, 6.45) is 1.52. The molecule has 5 nitrogen and oxygen atoms in total. The third kappa shape index (κ3) is 3.16. The van der Waals surface area contributed by atoms with Crippen molar-refractivity contribution in [1.29, 1.82) is 0 Å². The third-order valence-corrected chi connectivity index (χ3v) is 3.22. The van der Waals surface area contributed by atoms with Gasteiger partial charge in [-0.25, -0.2) is 4.98 Å². The minimum absolute atomic E-state index is 0.0664. The zero-order valence-electron chi connectivity index (χ0n) is 8.93. The van der Waals surface area contributed by atoms with Crippen LogP contribution in [-0.4, -0.2) is 9.91 Å². The largest absolute Gasteiger partial charge is 0.334 e. The lowest BCUT2D eigenvalue weighted by molar-refractivity contribution is -0.384. The number of halogens is 2. The standard InChI is InChI=1S/C11H7BrIN3O2/c12-7-4-10(16(17)18)11(14-6-7)15-9-3-1-2-8(13)5-9/h1-6H,(H,14,15). The van der Waals surface area contributed by atoms with E-state index < -0.39 is 4.92 Å². The Kier molecular flexibility index (Phi) is 4.12. The van der Waals surface area contributed by atoms with Gasteiger partial charge in [-0.2, -0.15) is 0 Å². The minimum Gasteiger partial charge on any atom is -0.334 e. The Morgan fingerprint density at radius 1 is 1.39 bits per heavy atom. The molecule has 0 spiro atoms. The van der Waals surface area contributed by atoms with Gasteiger partial charge < -0.3 is 5.32 Å². The van der Waals surface area contributed by atoms with E-state index in [1.807, 2.05) is 24.3 Å². The lowest BCUT2D eigenvalue weighted by Gasteiger charge is -2.06. The molecule has 0 aliphatic heterocycles. The predicted octanol–water partition coefficient (Wildman–Crippen LogP) is 4.10. The molecule has 0 aliphatic rings. The molecule has 92 valence electrons. The monoisotopic (exact) mass is 419 g/mol. The normalized spacial score (nSPS) is 10.1. The maximum atomic E-state index is 10.9. The van der Waals surface area contributed by atoms with Gasteiger partial charge in [0.2, 0.25) is 5.82 Å². The van der Waals surface area contributed by atoms with Crippen LogP contribution in [0.3, 0.4) is 0 Å². The summed E-state index contributed by atoms with van der Waals surface area (Å²) in [6.45, 7) is 0. The first-order valence-electron chi connectivity index (χ1n) is 4.89. The van der Waals surface area contributed by atoms with Crippen LogP contribution in [0, 0.1) is 13.7 Å². The molecule has 18 heavy (non-hydrogen) atoms. The van der Waals surface area contributed by atoms with E-state index in [1.165, 1.54) is 12.3 Å².